The smallest absolute Gasteiger partial charge is 0.223 e. The first kappa shape index (κ1) is 16.0. The Morgan fingerprint density at radius 1 is 1.32 bits per heavy atom. The number of hydrogen-bond acceptors (Lipinski definition) is 4. The number of likely N-dealkylation sites (tertiary alicyclic amines) is 2. The molecule has 5 heteroatoms. The molecule has 1 amide bonds. The Kier molecular flexibility index (Phi) is 5.16. The largest absolute Gasteiger partial charge is 0.383 e. The number of carbonyl (C=O) groups is 1. The summed E-state index contributed by atoms with van der Waals surface area (Å²) in [7, 11) is 1.71. The Balaban J connectivity index is 1.64. The van der Waals surface area contributed by atoms with Gasteiger partial charge in [-0.1, -0.05) is 6.07 Å². The minimum absolute atomic E-state index is 0.0970. The third-order valence-electron chi connectivity index (χ3n) is 5.17. The molecule has 0 aliphatic carbocycles. The average molecular weight is 322 g/mol. The third kappa shape index (κ3) is 3.36. The molecular weight excluding hydrogens is 296 g/mol. The monoisotopic (exact) mass is 322 g/mol. The van der Waals surface area contributed by atoms with Crippen molar-refractivity contribution in [1.29, 1.82) is 0 Å². The summed E-state index contributed by atoms with van der Waals surface area (Å²) in [6.07, 6.45) is 5.18. The van der Waals surface area contributed by atoms with E-state index in [1.807, 2.05) is 11.3 Å². The number of nitrogens with zero attached hydrogens (tertiary/aromatic N) is 2. The van der Waals surface area contributed by atoms with E-state index in [1.54, 1.807) is 7.11 Å². The summed E-state index contributed by atoms with van der Waals surface area (Å²) in [6, 6.07) is 4.34. The number of ether oxygens (including phenoxy) is 1. The zero-order valence-corrected chi connectivity index (χ0v) is 14.2. The summed E-state index contributed by atoms with van der Waals surface area (Å²) in [5.41, 5.74) is 0.0970. The van der Waals surface area contributed by atoms with Gasteiger partial charge in [-0.3, -0.25) is 9.69 Å². The molecule has 2 aliphatic rings. The predicted molar refractivity (Wildman–Crippen MR) is 89.0 cm³/mol. The average Bonchev–Trinajstić information content (AvgIpc) is 3.06. The lowest BCUT2D eigenvalue weighted by atomic mass is 9.88. The van der Waals surface area contributed by atoms with E-state index in [0.29, 0.717) is 18.9 Å². The molecule has 4 nitrogen and oxygen atoms in total. The van der Waals surface area contributed by atoms with Gasteiger partial charge >= 0.3 is 0 Å². The van der Waals surface area contributed by atoms with Crippen LogP contribution in [0, 0.1) is 0 Å². The molecule has 3 rings (SSSR count). The van der Waals surface area contributed by atoms with E-state index >= 15 is 0 Å². The van der Waals surface area contributed by atoms with Crippen molar-refractivity contribution in [3.05, 3.63) is 22.4 Å². The Morgan fingerprint density at radius 3 is 3.00 bits per heavy atom. The molecule has 0 N–H and O–H groups in total. The minimum Gasteiger partial charge on any atom is -0.383 e. The van der Waals surface area contributed by atoms with Gasteiger partial charge in [0.2, 0.25) is 5.91 Å². The van der Waals surface area contributed by atoms with Crippen LogP contribution in [-0.4, -0.2) is 54.6 Å². The van der Waals surface area contributed by atoms with Crippen molar-refractivity contribution >= 4 is 17.2 Å². The first-order valence-corrected chi connectivity index (χ1v) is 9.16. The van der Waals surface area contributed by atoms with Crippen LogP contribution in [-0.2, 0) is 16.1 Å². The molecule has 1 aromatic heterocycles. The lowest BCUT2D eigenvalue weighted by molar-refractivity contribution is -0.132. The van der Waals surface area contributed by atoms with Gasteiger partial charge < -0.3 is 9.64 Å². The third-order valence-corrected chi connectivity index (χ3v) is 6.03. The van der Waals surface area contributed by atoms with Crippen molar-refractivity contribution in [3.8, 4) is 0 Å². The summed E-state index contributed by atoms with van der Waals surface area (Å²) >= 11 is 1.84. The van der Waals surface area contributed by atoms with Gasteiger partial charge in [0.25, 0.3) is 0 Å². The molecule has 0 bridgehead atoms. The van der Waals surface area contributed by atoms with Crippen LogP contribution in [0.3, 0.4) is 0 Å². The molecule has 1 spiro atoms. The van der Waals surface area contributed by atoms with Crippen molar-refractivity contribution in [2.75, 3.05) is 33.4 Å². The van der Waals surface area contributed by atoms with Crippen molar-refractivity contribution < 1.29 is 9.53 Å². The summed E-state index contributed by atoms with van der Waals surface area (Å²) in [5, 5.41) is 2.15. The summed E-state index contributed by atoms with van der Waals surface area (Å²) in [4.78, 5) is 18.4. The molecule has 2 fully saturated rings. The molecule has 2 aliphatic heterocycles. The fraction of sp³-hybridized carbons (Fsp3) is 0.706. The number of amides is 1. The van der Waals surface area contributed by atoms with Crippen molar-refractivity contribution in [1.82, 2.24) is 9.80 Å². The molecule has 0 unspecified atom stereocenters. The van der Waals surface area contributed by atoms with Crippen LogP contribution in [0.25, 0.3) is 0 Å². The van der Waals surface area contributed by atoms with E-state index in [2.05, 4.69) is 27.3 Å². The highest BCUT2D eigenvalue weighted by molar-refractivity contribution is 7.09. The predicted octanol–water partition coefficient (Wildman–Crippen LogP) is 2.74. The molecule has 1 aromatic rings. The van der Waals surface area contributed by atoms with Crippen LogP contribution >= 0.6 is 11.3 Å². The number of carbonyl (C=O) groups excluding carboxylic acids is 1. The second kappa shape index (κ2) is 7.11. The van der Waals surface area contributed by atoms with Gasteiger partial charge in [-0.2, -0.15) is 0 Å². The first-order valence-electron chi connectivity index (χ1n) is 8.28. The van der Waals surface area contributed by atoms with Gasteiger partial charge in [0.05, 0.1) is 6.61 Å². The van der Waals surface area contributed by atoms with Crippen LogP contribution in [0.15, 0.2) is 17.5 Å². The normalized spacial score (nSPS) is 26.8. The minimum atomic E-state index is 0.0970. The fourth-order valence-electron chi connectivity index (χ4n) is 3.95. The number of hydrogen-bond donors (Lipinski definition) is 0. The maximum atomic E-state index is 12.3. The van der Waals surface area contributed by atoms with Gasteiger partial charge in [0.1, 0.15) is 0 Å². The molecule has 22 heavy (non-hydrogen) atoms. The molecule has 2 saturated heterocycles. The maximum Gasteiger partial charge on any atom is 0.223 e. The highest BCUT2D eigenvalue weighted by Crippen LogP contribution is 2.39. The molecule has 1 atom stereocenters. The Morgan fingerprint density at radius 2 is 2.23 bits per heavy atom. The number of methoxy groups -OCH3 is 1. The summed E-state index contributed by atoms with van der Waals surface area (Å²) in [5.74, 6) is 0.323. The lowest BCUT2D eigenvalue weighted by Gasteiger charge is -2.38. The van der Waals surface area contributed by atoms with Crippen LogP contribution in [0.5, 0.6) is 0 Å². The van der Waals surface area contributed by atoms with Crippen LogP contribution in [0.1, 0.15) is 37.0 Å². The van der Waals surface area contributed by atoms with Gasteiger partial charge in [0.15, 0.2) is 0 Å². The highest BCUT2D eigenvalue weighted by Gasteiger charge is 2.45. The van der Waals surface area contributed by atoms with E-state index < -0.39 is 0 Å². The van der Waals surface area contributed by atoms with Crippen molar-refractivity contribution in [3.63, 3.8) is 0 Å². The second-order valence-electron chi connectivity index (χ2n) is 6.47. The molecule has 0 saturated carbocycles. The Bertz CT molecular complexity index is 491. The van der Waals surface area contributed by atoms with Crippen LogP contribution < -0.4 is 0 Å². The Labute approximate surface area is 137 Å². The van der Waals surface area contributed by atoms with E-state index in [0.717, 1.165) is 45.4 Å². The molecule has 3 heterocycles. The quantitative estimate of drug-likeness (QED) is 0.836. The number of thiophene rings is 1. The summed E-state index contributed by atoms with van der Waals surface area (Å²) < 4.78 is 5.21. The SMILES string of the molecule is COCCN1C(=O)CC[C@]12CCCN(Cc1cccs1)CC2. The topological polar surface area (TPSA) is 32.8 Å². The lowest BCUT2D eigenvalue weighted by Crippen LogP contribution is -2.47. The Hall–Kier alpha value is -0.910. The van der Waals surface area contributed by atoms with E-state index in [-0.39, 0.29) is 5.54 Å². The summed E-state index contributed by atoms with van der Waals surface area (Å²) in [6.45, 7) is 4.69. The van der Waals surface area contributed by atoms with E-state index in [4.69, 9.17) is 4.74 Å². The fourth-order valence-corrected chi connectivity index (χ4v) is 4.70. The van der Waals surface area contributed by atoms with Gasteiger partial charge in [-0.15, -0.1) is 11.3 Å². The zero-order chi connectivity index (χ0) is 15.4. The van der Waals surface area contributed by atoms with Gasteiger partial charge in [-0.25, -0.2) is 0 Å². The maximum absolute atomic E-state index is 12.3. The standard InChI is InChI=1S/C17H26N2O2S/c1-21-12-11-19-16(20)5-7-17(19)6-3-9-18(10-8-17)14-15-4-2-13-22-15/h2,4,13H,3,5-12,14H2,1H3/t17-/m0/s1. The van der Waals surface area contributed by atoms with Gasteiger partial charge in [0, 0.05) is 43.6 Å². The second-order valence-corrected chi connectivity index (χ2v) is 7.50. The molecule has 0 aromatic carbocycles. The molecule has 122 valence electrons. The zero-order valence-electron chi connectivity index (χ0n) is 13.4. The van der Waals surface area contributed by atoms with Gasteiger partial charge in [-0.05, 0) is 43.7 Å². The van der Waals surface area contributed by atoms with Crippen molar-refractivity contribution in [2.45, 2.75) is 44.2 Å². The first-order chi connectivity index (χ1) is 10.7. The molecular formula is C17H26N2O2S. The van der Waals surface area contributed by atoms with Crippen LogP contribution in [0.2, 0.25) is 0 Å². The highest BCUT2D eigenvalue weighted by atomic mass is 32.1. The van der Waals surface area contributed by atoms with E-state index in [9.17, 15) is 4.79 Å². The number of rotatable bonds is 5. The van der Waals surface area contributed by atoms with E-state index in [1.165, 1.54) is 11.3 Å². The van der Waals surface area contributed by atoms with Crippen molar-refractivity contribution in [2.24, 2.45) is 0 Å². The van der Waals surface area contributed by atoms with Crippen LogP contribution in [0.4, 0.5) is 0 Å². The molecule has 0 radical (unpaired) electrons.